The molecule has 1 atom stereocenters. The van der Waals surface area contributed by atoms with Crippen LogP contribution in [0.5, 0.6) is 0 Å². The highest BCUT2D eigenvalue weighted by Crippen LogP contribution is 2.25. The first-order valence-corrected chi connectivity index (χ1v) is 8.50. The van der Waals surface area contributed by atoms with Gasteiger partial charge in [0.05, 0.1) is 25.1 Å². The SMILES string of the molecule is C=C(C)NC.C=CC1=C(CCC)OCC(OCCOC)C1.CC. The van der Waals surface area contributed by atoms with Gasteiger partial charge in [0.2, 0.25) is 0 Å². The van der Waals surface area contributed by atoms with E-state index < -0.39 is 0 Å². The van der Waals surface area contributed by atoms with Crippen molar-refractivity contribution >= 4 is 0 Å². The first-order chi connectivity index (χ1) is 11.1. The number of methoxy groups -OCH3 is 1. The fraction of sp³-hybridized carbons (Fsp3) is 0.684. The summed E-state index contributed by atoms with van der Waals surface area (Å²) in [6.45, 7) is 17.4. The molecule has 0 fully saturated rings. The Hall–Kier alpha value is -1.26. The Morgan fingerprint density at radius 3 is 2.43 bits per heavy atom. The molecule has 0 amide bonds. The van der Waals surface area contributed by atoms with Crippen LogP contribution < -0.4 is 5.32 Å². The highest BCUT2D eigenvalue weighted by Gasteiger charge is 2.20. The molecule has 0 bridgehead atoms. The number of hydrogen-bond acceptors (Lipinski definition) is 4. The van der Waals surface area contributed by atoms with Crippen molar-refractivity contribution in [1.29, 1.82) is 0 Å². The van der Waals surface area contributed by atoms with Gasteiger partial charge in [0, 0.05) is 27.0 Å². The Kier molecular flexibility index (Phi) is 17.8. The second-order valence-electron chi connectivity index (χ2n) is 4.93. The molecule has 1 rings (SSSR count). The first-order valence-electron chi connectivity index (χ1n) is 8.50. The van der Waals surface area contributed by atoms with Gasteiger partial charge in [0.1, 0.15) is 6.61 Å². The van der Waals surface area contributed by atoms with Gasteiger partial charge in [-0.15, -0.1) is 0 Å². The zero-order chi connectivity index (χ0) is 18.1. The summed E-state index contributed by atoms with van der Waals surface area (Å²) in [7, 11) is 3.53. The molecule has 1 aliphatic heterocycles. The van der Waals surface area contributed by atoms with Crippen LogP contribution in [-0.4, -0.2) is 40.1 Å². The normalized spacial score (nSPS) is 16.2. The fourth-order valence-corrected chi connectivity index (χ4v) is 1.77. The van der Waals surface area contributed by atoms with Gasteiger partial charge in [-0.3, -0.25) is 0 Å². The summed E-state index contributed by atoms with van der Waals surface area (Å²) in [5.41, 5.74) is 2.19. The van der Waals surface area contributed by atoms with Crippen molar-refractivity contribution in [2.24, 2.45) is 0 Å². The number of nitrogens with one attached hydrogen (secondary N) is 1. The number of rotatable bonds is 8. The van der Waals surface area contributed by atoms with Crippen molar-refractivity contribution in [3.05, 3.63) is 36.3 Å². The summed E-state index contributed by atoms with van der Waals surface area (Å²) in [6, 6.07) is 0. The summed E-state index contributed by atoms with van der Waals surface area (Å²) in [4.78, 5) is 0. The molecule has 136 valence electrons. The average molecular weight is 328 g/mol. The van der Waals surface area contributed by atoms with Gasteiger partial charge >= 0.3 is 0 Å². The van der Waals surface area contributed by atoms with Crippen LogP contribution in [0, 0.1) is 0 Å². The molecule has 4 heteroatoms. The quantitative estimate of drug-likeness (QED) is 0.669. The maximum absolute atomic E-state index is 5.71. The van der Waals surface area contributed by atoms with E-state index in [2.05, 4.69) is 25.4 Å². The lowest BCUT2D eigenvalue weighted by Crippen LogP contribution is -2.26. The van der Waals surface area contributed by atoms with E-state index in [1.807, 2.05) is 33.9 Å². The molecule has 0 radical (unpaired) electrons. The van der Waals surface area contributed by atoms with Crippen LogP contribution in [0.1, 0.15) is 47.0 Å². The summed E-state index contributed by atoms with van der Waals surface area (Å²) in [6.07, 6.45) is 5.02. The van der Waals surface area contributed by atoms with Gasteiger partial charge < -0.3 is 19.5 Å². The Labute approximate surface area is 143 Å². The van der Waals surface area contributed by atoms with E-state index in [1.165, 1.54) is 5.57 Å². The summed E-state index contributed by atoms with van der Waals surface area (Å²) < 4.78 is 16.3. The monoisotopic (exact) mass is 327 g/mol. The van der Waals surface area contributed by atoms with Gasteiger partial charge in [-0.25, -0.2) is 0 Å². The molecular weight excluding hydrogens is 290 g/mol. The lowest BCUT2D eigenvalue weighted by Gasteiger charge is -2.26. The first kappa shape index (κ1) is 24.0. The highest BCUT2D eigenvalue weighted by molar-refractivity contribution is 5.23. The molecule has 0 saturated carbocycles. The molecule has 1 unspecified atom stereocenters. The van der Waals surface area contributed by atoms with E-state index in [9.17, 15) is 0 Å². The molecule has 0 aromatic heterocycles. The summed E-state index contributed by atoms with van der Waals surface area (Å²) >= 11 is 0. The zero-order valence-electron chi connectivity index (χ0n) is 16.0. The van der Waals surface area contributed by atoms with Gasteiger partial charge in [-0.05, 0) is 24.6 Å². The third kappa shape index (κ3) is 12.9. The van der Waals surface area contributed by atoms with Crippen molar-refractivity contribution in [2.75, 3.05) is 34.0 Å². The fourth-order valence-electron chi connectivity index (χ4n) is 1.77. The molecule has 1 N–H and O–H groups in total. The molecule has 0 aliphatic carbocycles. The smallest absolute Gasteiger partial charge is 0.114 e. The predicted molar refractivity (Wildman–Crippen MR) is 99.5 cm³/mol. The lowest BCUT2D eigenvalue weighted by atomic mass is 10.0. The molecule has 4 nitrogen and oxygen atoms in total. The van der Waals surface area contributed by atoms with Crippen LogP contribution in [-0.2, 0) is 14.2 Å². The zero-order valence-corrected chi connectivity index (χ0v) is 16.0. The van der Waals surface area contributed by atoms with Crippen LogP contribution in [0.3, 0.4) is 0 Å². The van der Waals surface area contributed by atoms with Crippen molar-refractivity contribution in [2.45, 2.75) is 53.1 Å². The van der Waals surface area contributed by atoms with E-state index in [-0.39, 0.29) is 6.10 Å². The number of ether oxygens (including phenoxy) is 3. The van der Waals surface area contributed by atoms with E-state index in [4.69, 9.17) is 14.2 Å². The molecule has 0 aromatic rings. The van der Waals surface area contributed by atoms with E-state index in [0.717, 1.165) is 30.7 Å². The molecule has 23 heavy (non-hydrogen) atoms. The molecule has 0 saturated heterocycles. The van der Waals surface area contributed by atoms with Gasteiger partial charge in [-0.2, -0.15) is 0 Å². The summed E-state index contributed by atoms with van der Waals surface area (Å²) in [5.74, 6) is 1.09. The maximum atomic E-state index is 5.71. The second-order valence-corrected chi connectivity index (χ2v) is 4.93. The lowest BCUT2D eigenvalue weighted by molar-refractivity contribution is -0.0285. The van der Waals surface area contributed by atoms with Crippen molar-refractivity contribution in [1.82, 2.24) is 5.32 Å². The molecule has 1 heterocycles. The largest absolute Gasteiger partial charge is 0.495 e. The van der Waals surface area contributed by atoms with Crippen molar-refractivity contribution in [3.8, 4) is 0 Å². The molecular formula is C19H37NO3. The highest BCUT2D eigenvalue weighted by atomic mass is 16.6. The van der Waals surface area contributed by atoms with E-state index >= 15 is 0 Å². The van der Waals surface area contributed by atoms with Crippen LogP contribution in [0.2, 0.25) is 0 Å². The van der Waals surface area contributed by atoms with Gasteiger partial charge in [0.25, 0.3) is 0 Å². The minimum atomic E-state index is 0.142. The molecule has 1 aliphatic rings. The third-order valence-corrected chi connectivity index (χ3v) is 3.04. The van der Waals surface area contributed by atoms with E-state index in [1.54, 1.807) is 7.11 Å². The van der Waals surface area contributed by atoms with Gasteiger partial charge in [-0.1, -0.05) is 40.0 Å². The average Bonchev–Trinajstić information content (AvgIpc) is 2.58. The Balaban J connectivity index is 0. The van der Waals surface area contributed by atoms with Crippen LogP contribution in [0.25, 0.3) is 0 Å². The Morgan fingerprint density at radius 1 is 1.39 bits per heavy atom. The number of hydrogen-bond donors (Lipinski definition) is 1. The third-order valence-electron chi connectivity index (χ3n) is 3.04. The summed E-state index contributed by atoms with van der Waals surface area (Å²) in [5, 5.41) is 2.83. The van der Waals surface area contributed by atoms with Gasteiger partial charge in [0.15, 0.2) is 0 Å². The predicted octanol–water partition coefficient (Wildman–Crippen LogP) is 4.44. The molecule has 0 spiro atoms. The second kappa shape index (κ2) is 17.1. The van der Waals surface area contributed by atoms with Crippen LogP contribution in [0.15, 0.2) is 36.3 Å². The Bertz CT molecular complexity index is 338. The molecule has 0 aromatic carbocycles. The standard InChI is InChI=1S/C13H22O3.C4H9N.C2H6/c1-4-6-13-11(5-2)9-12(10-16-13)15-8-7-14-3;1-4(2)5-3;1-2/h5,12H,2,4,6-10H2,1,3H3;5H,1H2,2-3H3;1-2H3. The van der Waals surface area contributed by atoms with Crippen LogP contribution >= 0.6 is 0 Å². The van der Waals surface area contributed by atoms with Crippen molar-refractivity contribution in [3.63, 3.8) is 0 Å². The minimum absolute atomic E-state index is 0.142. The minimum Gasteiger partial charge on any atom is -0.495 e. The topological polar surface area (TPSA) is 39.7 Å². The Morgan fingerprint density at radius 2 is 2.00 bits per heavy atom. The van der Waals surface area contributed by atoms with Crippen LogP contribution in [0.4, 0.5) is 0 Å². The number of allylic oxidation sites excluding steroid dienone is 3. The van der Waals surface area contributed by atoms with Crippen molar-refractivity contribution < 1.29 is 14.2 Å². The van der Waals surface area contributed by atoms with E-state index in [0.29, 0.717) is 19.8 Å². The maximum Gasteiger partial charge on any atom is 0.114 e.